The van der Waals surface area contributed by atoms with Gasteiger partial charge in [0.25, 0.3) is 0 Å². The van der Waals surface area contributed by atoms with E-state index >= 15 is 0 Å². The van der Waals surface area contributed by atoms with Gasteiger partial charge in [-0.05, 0) is 53.6 Å². The van der Waals surface area contributed by atoms with Crippen LogP contribution in [0.5, 0.6) is 0 Å². The number of nitrogens with zero attached hydrogens (tertiary/aromatic N) is 2. The van der Waals surface area contributed by atoms with E-state index in [1.54, 1.807) is 0 Å². The molecule has 0 bridgehead atoms. The zero-order valence-corrected chi connectivity index (χ0v) is 21.1. The zero-order chi connectivity index (χ0) is 25.5. The summed E-state index contributed by atoms with van der Waals surface area (Å²) in [4.78, 5) is 9.88. The van der Waals surface area contributed by atoms with Crippen molar-refractivity contribution in [3.8, 4) is 45.0 Å². The maximum Gasteiger partial charge on any atom is 0.160 e. The van der Waals surface area contributed by atoms with Crippen LogP contribution >= 0.6 is 11.6 Å². The number of rotatable bonds is 4. The highest BCUT2D eigenvalue weighted by atomic mass is 35.5. The Morgan fingerprint density at radius 3 is 1.92 bits per heavy atom. The molecule has 0 radical (unpaired) electrons. The van der Waals surface area contributed by atoms with Crippen LogP contribution in [0, 0.1) is 0 Å². The lowest BCUT2D eigenvalue weighted by atomic mass is 9.99. The second kappa shape index (κ2) is 9.29. The first-order valence-electron chi connectivity index (χ1n) is 12.4. The van der Waals surface area contributed by atoms with Crippen molar-refractivity contribution in [3.63, 3.8) is 0 Å². The van der Waals surface area contributed by atoms with Crippen molar-refractivity contribution in [1.29, 1.82) is 0 Å². The number of fused-ring (bicyclic) bond motifs is 3. The van der Waals surface area contributed by atoms with Gasteiger partial charge in [-0.1, -0.05) is 96.5 Å². The van der Waals surface area contributed by atoms with Crippen LogP contribution in [0.25, 0.3) is 67.0 Å². The molecule has 2 heterocycles. The summed E-state index contributed by atoms with van der Waals surface area (Å²) in [7, 11) is 0. The standard InChI is InChI=1S/C34H21ClN2O/c35-27-16-13-22(14-17-27)30-21-31(37-34(36-30)23-7-2-1-3-8-23)26-10-6-9-24(19-26)25-15-18-33-29(20-25)28-11-4-5-12-32(28)38-33/h1-21H. The first kappa shape index (κ1) is 22.5. The van der Waals surface area contributed by atoms with Gasteiger partial charge in [-0.3, -0.25) is 0 Å². The van der Waals surface area contributed by atoms with E-state index in [-0.39, 0.29) is 0 Å². The molecule has 0 atom stereocenters. The minimum Gasteiger partial charge on any atom is -0.456 e. The third-order valence-corrected chi connectivity index (χ3v) is 7.02. The van der Waals surface area contributed by atoms with E-state index in [2.05, 4.69) is 42.5 Å². The van der Waals surface area contributed by atoms with E-state index in [1.165, 1.54) is 0 Å². The molecule has 180 valence electrons. The quantitative estimate of drug-likeness (QED) is 0.237. The second-order valence-electron chi connectivity index (χ2n) is 9.22. The number of furan rings is 1. The van der Waals surface area contributed by atoms with Crippen LogP contribution in [0.3, 0.4) is 0 Å². The van der Waals surface area contributed by atoms with Crippen LogP contribution in [0.4, 0.5) is 0 Å². The zero-order valence-electron chi connectivity index (χ0n) is 20.3. The summed E-state index contributed by atoms with van der Waals surface area (Å²) in [5, 5.41) is 2.93. The van der Waals surface area contributed by atoms with Crippen LogP contribution in [-0.2, 0) is 0 Å². The van der Waals surface area contributed by atoms with Gasteiger partial charge in [0.2, 0.25) is 0 Å². The fraction of sp³-hybridized carbons (Fsp3) is 0. The first-order chi connectivity index (χ1) is 18.7. The Hall–Kier alpha value is -4.73. The van der Waals surface area contributed by atoms with E-state index < -0.39 is 0 Å². The van der Waals surface area contributed by atoms with E-state index in [1.807, 2.05) is 84.9 Å². The molecule has 0 saturated heterocycles. The fourth-order valence-electron chi connectivity index (χ4n) is 4.84. The molecule has 7 rings (SSSR count). The van der Waals surface area contributed by atoms with Gasteiger partial charge >= 0.3 is 0 Å². The van der Waals surface area contributed by atoms with Crippen LogP contribution in [0.1, 0.15) is 0 Å². The Morgan fingerprint density at radius 1 is 0.447 bits per heavy atom. The van der Waals surface area contributed by atoms with Gasteiger partial charge in [-0.25, -0.2) is 9.97 Å². The molecular formula is C34H21ClN2O. The summed E-state index contributed by atoms with van der Waals surface area (Å²) >= 11 is 6.15. The average molecular weight is 509 g/mol. The monoisotopic (exact) mass is 508 g/mol. The Labute approximate surface area is 225 Å². The lowest BCUT2D eigenvalue weighted by Crippen LogP contribution is -1.96. The van der Waals surface area contributed by atoms with Gasteiger partial charge in [0.05, 0.1) is 11.4 Å². The lowest BCUT2D eigenvalue weighted by Gasteiger charge is -2.11. The summed E-state index contributed by atoms with van der Waals surface area (Å²) in [6, 6.07) is 42.9. The summed E-state index contributed by atoms with van der Waals surface area (Å²) < 4.78 is 6.03. The predicted molar refractivity (Wildman–Crippen MR) is 156 cm³/mol. The molecule has 0 fully saturated rings. The smallest absolute Gasteiger partial charge is 0.160 e. The molecule has 0 saturated carbocycles. The molecule has 0 N–H and O–H groups in total. The number of hydrogen-bond acceptors (Lipinski definition) is 3. The molecule has 0 aliphatic rings. The number of para-hydroxylation sites is 1. The molecular weight excluding hydrogens is 488 g/mol. The molecule has 0 aliphatic carbocycles. The van der Waals surface area contributed by atoms with Gasteiger partial charge in [-0.2, -0.15) is 0 Å². The minimum absolute atomic E-state index is 0.685. The number of hydrogen-bond donors (Lipinski definition) is 0. The maximum absolute atomic E-state index is 6.15. The third kappa shape index (κ3) is 4.13. The predicted octanol–water partition coefficient (Wildman–Crippen LogP) is 9.70. The molecule has 4 heteroatoms. The van der Waals surface area contributed by atoms with Crippen molar-refractivity contribution < 1.29 is 4.42 Å². The Bertz CT molecular complexity index is 1920. The van der Waals surface area contributed by atoms with Crippen molar-refractivity contribution in [2.75, 3.05) is 0 Å². The summed E-state index contributed by atoms with van der Waals surface area (Å²) in [6.07, 6.45) is 0. The topological polar surface area (TPSA) is 38.9 Å². The molecule has 0 unspecified atom stereocenters. The molecule has 3 nitrogen and oxygen atoms in total. The van der Waals surface area contributed by atoms with E-state index in [9.17, 15) is 0 Å². The van der Waals surface area contributed by atoms with Gasteiger partial charge in [0.1, 0.15) is 11.2 Å². The van der Waals surface area contributed by atoms with Gasteiger partial charge < -0.3 is 4.42 Å². The fourth-order valence-corrected chi connectivity index (χ4v) is 4.97. The second-order valence-corrected chi connectivity index (χ2v) is 9.66. The summed E-state index contributed by atoms with van der Waals surface area (Å²) in [5.41, 5.74) is 8.72. The van der Waals surface area contributed by atoms with E-state index in [0.29, 0.717) is 10.8 Å². The van der Waals surface area contributed by atoms with Crippen molar-refractivity contribution in [1.82, 2.24) is 9.97 Å². The number of benzene rings is 5. The highest BCUT2D eigenvalue weighted by Crippen LogP contribution is 2.34. The van der Waals surface area contributed by atoms with Crippen molar-refractivity contribution in [3.05, 3.63) is 132 Å². The molecule has 0 amide bonds. The molecule has 0 aliphatic heterocycles. The Morgan fingerprint density at radius 2 is 1.08 bits per heavy atom. The van der Waals surface area contributed by atoms with Crippen molar-refractivity contribution in [2.24, 2.45) is 0 Å². The Balaban J connectivity index is 1.36. The van der Waals surface area contributed by atoms with Crippen LogP contribution in [-0.4, -0.2) is 9.97 Å². The Kier molecular flexibility index (Phi) is 5.49. The van der Waals surface area contributed by atoms with Crippen LogP contribution < -0.4 is 0 Å². The maximum atomic E-state index is 6.15. The number of aromatic nitrogens is 2. The summed E-state index contributed by atoms with van der Waals surface area (Å²) in [6.45, 7) is 0. The van der Waals surface area contributed by atoms with Crippen molar-refractivity contribution >= 4 is 33.5 Å². The third-order valence-electron chi connectivity index (χ3n) is 6.77. The SMILES string of the molecule is Clc1ccc(-c2cc(-c3cccc(-c4ccc5oc6ccccc6c5c4)c3)nc(-c3ccccc3)n2)cc1. The summed E-state index contributed by atoms with van der Waals surface area (Å²) in [5.74, 6) is 0.685. The number of halogens is 1. The van der Waals surface area contributed by atoms with Crippen LogP contribution in [0.2, 0.25) is 5.02 Å². The van der Waals surface area contributed by atoms with Gasteiger partial charge in [0.15, 0.2) is 5.82 Å². The molecule has 0 spiro atoms. The first-order valence-corrected chi connectivity index (χ1v) is 12.8. The normalized spacial score (nSPS) is 11.3. The van der Waals surface area contributed by atoms with Gasteiger partial charge in [-0.15, -0.1) is 0 Å². The highest BCUT2D eigenvalue weighted by Gasteiger charge is 2.13. The molecule has 5 aromatic carbocycles. The average Bonchev–Trinajstić information content (AvgIpc) is 3.36. The minimum atomic E-state index is 0.685. The molecule has 7 aromatic rings. The van der Waals surface area contributed by atoms with Crippen LogP contribution in [0.15, 0.2) is 132 Å². The lowest BCUT2D eigenvalue weighted by molar-refractivity contribution is 0.669. The molecule has 2 aromatic heterocycles. The van der Waals surface area contributed by atoms with Crippen molar-refractivity contribution in [2.45, 2.75) is 0 Å². The van der Waals surface area contributed by atoms with E-state index in [4.69, 9.17) is 26.0 Å². The molecule has 38 heavy (non-hydrogen) atoms. The largest absolute Gasteiger partial charge is 0.456 e. The van der Waals surface area contributed by atoms with E-state index in [0.717, 1.165) is 61.1 Å². The van der Waals surface area contributed by atoms with Gasteiger partial charge in [0, 0.05) is 32.5 Å². The highest BCUT2D eigenvalue weighted by molar-refractivity contribution is 6.30.